The van der Waals surface area contributed by atoms with Crippen LogP contribution in [0.4, 0.5) is 5.69 Å². The van der Waals surface area contributed by atoms with E-state index in [0.717, 1.165) is 36.8 Å². The quantitative estimate of drug-likeness (QED) is 0.178. The van der Waals surface area contributed by atoms with Crippen LogP contribution in [0.2, 0.25) is 0 Å². The third-order valence-electron chi connectivity index (χ3n) is 12.6. The van der Waals surface area contributed by atoms with Gasteiger partial charge in [0.2, 0.25) is 0 Å². The second-order valence-corrected chi connectivity index (χ2v) is 15.5. The van der Waals surface area contributed by atoms with Crippen LogP contribution in [0, 0.1) is 0 Å². The van der Waals surface area contributed by atoms with Gasteiger partial charge in [-0.15, -0.1) is 0 Å². The van der Waals surface area contributed by atoms with Crippen LogP contribution in [0.25, 0.3) is 55.8 Å². The van der Waals surface area contributed by atoms with Crippen LogP contribution in [0.15, 0.2) is 186 Å². The summed E-state index contributed by atoms with van der Waals surface area (Å²) in [4.78, 5) is 2.41. The van der Waals surface area contributed by atoms with Crippen LogP contribution < -0.4 is 4.90 Å². The summed E-state index contributed by atoms with van der Waals surface area (Å²) < 4.78 is 6.10. The molecule has 0 amide bonds. The summed E-state index contributed by atoms with van der Waals surface area (Å²) in [5.41, 5.74) is 20.6. The molecule has 4 aliphatic rings. The lowest BCUT2D eigenvalue weighted by Crippen LogP contribution is -2.27. The summed E-state index contributed by atoms with van der Waals surface area (Å²) in [5, 5.41) is 2.36. The largest absolute Gasteiger partial charge is 0.456 e. The summed E-state index contributed by atoms with van der Waals surface area (Å²) in [6, 6.07) is 57.5. The number of benzene rings is 7. The highest BCUT2D eigenvalue weighted by Gasteiger charge is 2.52. The van der Waals surface area contributed by atoms with Crippen molar-refractivity contribution in [3.05, 3.63) is 221 Å². The topological polar surface area (TPSA) is 16.4 Å². The maximum atomic E-state index is 6.10. The van der Waals surface area contributed by atoms with E-state index in [4.69, 9.17) is 4.42 Å². The Morgan fingerprint density at radius 1 is 0.500 bits per heavy atom. The van der Waals surface area contributed by atoms with Crippen LogP contribution in [-0.4, -0.2) is 7.05 Å². The van der Waals surface area contributed by atoms with Crippen molar-refractivity contribution in [2.24, 2.45) is 0 Å². The Kier molecular flexibility index (Phi) is 10.7. The molecule has 2 heteroatoms. The Morgan fingerprint density at radius 3 is 1.85 bits per heavy atom. The van der Waals surface area contributed by atoms with Crippen LogP contribution in [0.5, 0.6) is 0 Å². The number of anilines is 1. The molecular weight excluding hydrogens is 727 g/mol. The average molecular weight is 780 g/mol. The minimum atomic E-state index is -0.348. The van der Waals surface area contributed by atoms with E-state index < -0.39 is 0 Å². The Morgan fingerprint density at radius 2 is 1.13 bits per heavy atom. The van der Waals surface area contributed by atoms with E-state index >= 15 is 0 Å². The molecule has 8 aromatic rings. The number of allylic oxidation sites excluding steroid dienone is 5. The van der Waals surface area contributed by atoms with Gasteiger partial charge in [0.25, 0.3) is 0 Å². The Bertz CT molecular complexity index is 2910. The molecule has 4 aliphatic carbocycles. The van der Waals surface area contributed by atoms with Gasteiger partial charge in [-0.25, -0.2) is 0 Å². The van der Waals surface area contributed by atoms with Crippen LogP contribution in [0.1, 0.15) is 85.9 Å². The molecule has 2 nitrogen and oxygen atoms in total. The van der Waals surface area contributed by atoms with Crippen LogP contribution >= 0.6 is 0 Å². The number of furan rings is 1. The molecule has 60 heavy (non-hydrogen) atoms. The lowest BCUT2D eigenvalue weighted by Gasteiger charge is -2.32. The first-order valence-corrected chi connectivity index (χ1v) is 21.9. The van der Waals surface area contributed by atoms with Gasteiger partial charge in [-0.2, -0.15) is 0 Å². The second-order valence-electron chi connectivity index (χ2n) is 15.5. The molecule has 0 saturated carbocycles. The van der Waals surface area contributed by atoms with Crippen molar-refractivity contribution in [2.75, 3.05) is 11.9 Å². The fraction of sp³-hybridized carbons (Fsp3) is 0.172. The molecular formula is C58H53NO. The minimum Gasteiger partial charge on any atom is -0.456 e. The van der Waals surface area contributed by atoms with Crippen LogP contribution in [-0.2, 0) is 11.8 Å². The van der Waals surface area contributed by atoms with Crippen molar-refractivity contribution in [2.45, 2.75) is 58.8 Å². The summed E-state index contributed by atoms with van der Waals surface area (Å²) in [7, 11) is 2.24. The zero-order chi connectivity index (χ0) is 41.2. The molecule has 1 aromatic heterocycles. The van der Waals surface area contributed by atoms with E-state index in [-0.39, 0.29) is 5.41 Å². The van der Waals surface area contributed by atoms with Gasteiger partial charge in [0, 0.05) is 29.2 Å². The van der Waals surface area contributed by atoms with Crippen molar-refractivity contribution in [1.82, 2.24) is 0 Å². The van der Waals surface area contributed by atoms with E-state index in [1.54, 1.807) is 0 Å². The Balaban J connectivity index is 0.000000418. The van der Waals surface area contributed by atoms with Gasteiger partial charge in [-0.05, 0) is 135 Å². The van der Waals surface area contributed by atoms with E-state index in [0.29, 0.717) is 0 Å². The van der Waals surface area contributed by atoms with E-state index in [1.165, 1.54) is 88.9 Å². The lowest BCUT2D eigenvalue weighted by molar-refractivity contribution is 0.669. The highest BCUT2D eigenvalue weighted by atomic mass is 16.3. The highest BCUT2D eigenvalue weighted by molar-refractivity contribution is 6.06. The van der Waals surface area contributed by atoms with E-state index in [1.807, 2.05) is 76.2 Å². The molecule has 12 rings (SSSR count). The fourth-order valence-electron chi connectivity index (χ4n) is 9.88. The molecule has 0 bridgehead atoms. The molecule has 7 aromatic carbocycles. The zero-order valence-corrected chi connectivity index (χ0v) is 35.5. The summed E-state index contributed by atoms with van der Waals surface area (Å²) in [6.07, 6.45) is 13.5. The van der Waals surface area contributed by atoms with Gasteiger partial charge in [0.1, 0.15) is 11.2 Å². The predicted molar refractivity (Wildman–Crippen MR) is 257 cm³/mol. The van der Waals surface area contributed by atoms with Crippen molar-refractivity contribution in [3.63, 3.8) is 0 Å². The number of rotatable bonds is 3. The first-order chi connectivity index (χ1) is 29.7. The zero-order valence-electron chi connectivity index (χ0n) is 35.5. The molecule has 0 radical (unpaired) electrons. The van der Waals surface area contributed by atoms with Gasteiger partial charge in [-0.3, -0.25) is 0 Å². The van der Waals surface area contributed by atoms with Gasteiger partial charge in [0.05, 0.1) is 5.41 Å². The first kappa shape index (κ1) is 38.9. The molecule has 0 saturated heterocycles. The average Bonchev–Trinajstić information content (AvgIpc) is 3.96. The van der Waals surface area contributed by atoms with Gasteiger partial charge in [0.15, 0.2) is 0 Å². The molecule has 0 fully saturated rings. The predicted octanol–water partition coefficient (Wildman–Crippen LogP) is 15.8. The van der Waals surface area contributed by atoms with E-state index in [9.17, 15) is 0 Å². The first-order valence-electron chi connectivity index (χ1n) is 21.9. The van der Waals surface area contributed by atoms with Crippen molar-refractivity contribution in [1.29, 1.82) is 0 Å². The molecule has 1 unspecified atom stereocenters. The van der Waals surface area contributed by atoms with Crippen molar-refractivity contribution in [3.8, 4) is 22.3 Å². The number of nitrogens with zero attached hydrogens (tertiary/aromatic N) is 1. The number of hydrogen-bond acceptors (Lipinski definition) is 2. The summed E-state index contributed by atoms with van der Waals surface area (Å²) in [6.45, 7) is 8.00. The third-order valence-corrected chi connectivity index (χ3v) is 12.6. The van der Waals surface area contributed by atoms with Gasteiger partial charge < -0.3 is 9.32 Å². The molecule has 0 N–H and O–H groups in total. The molecule has 1 heterocycles. The molecule has 1 spiro atoms. The van der Waals surface area contributed by atoms with Crippen LogP contribution in [0.3, 0.4) is 0 Å². The maximum absolute atomic E-state index is 6.10. The van der Waals surface area contributed by atoms with Crippen molar-refractivity contribution < 1.29 is 4.42 Å². The highest BCUT2D eigenvalue weighted by Crippen LogP contribution is 2.63. The summed E-state index contributed by atoms with van der Waals surface area (Å²) in [5.74, 6) is 0. The maximum Gasteiger partial charge on any atom is 0.135 e. The number of fused-ring (bicyclic) bond motifs is 14. The number of para-hydroxylation sites is 1. The molecule has 296 valence electrons. The minimum absolute atomic E-state index is 0.348. The van der Waals surface area contributed by atoms with Crippen molar-refractivity contribution >= 4 is 39.3 Å². The smallest absolute Gasteiger partial charge is 0.135 e. The Labute approximate surface area is 355 Å². The molecule has 0 aliphatic heterocycles. The second kappa shape index (κ2) is 16.5. The Hall–Kier alpha value is -6.64. The SMILES string of the molecule is CC.CC.CN(C1=CC=C(c2ccc3oc4ccccc4c3c2)CC1)c1ccc2c(c1)C1(c3ccccc3-2)c2ccccc2-c2cc3c(cc21)C=CCC3.c1ccccc1. The van der Waals surface area contributed by atoms with E-state index in [2.05, 4.69) is 145 Å². The monoisotopic (exact) mass is 779 g/mol. The standard InChI is InChI=1S/C48H35NO.C6H6.2C2H6/c1-49(34-21-18-30(19-22-34)33-20-25-47-41(27-33)39-14-6-9-17-46(39)50-47)35-23-24-38-36-12-4-7-15-42(36)48(45(38)29-35)43-16-8-5-13-37(43)40-26-31-10-2-3-11-32(31)28-44(40)48;1-2-4-6-5-3-1;2*1-2/h3-9,11-18,20-21,23-29H,2,10,19,22H2,1H3;1-6H;2*1-2H3. The third kappa shape index (κ3) is 6.34. The molecule has 1 atom stereocenters. The van der Waals surface area contributed by atoms with Gasteiger partial charge >= 0.3 is 0 Å². The van der Waals surface area contributed by atoms with Gasteiger partial charge in [-0.1, -0.05) is 167 Å². The number of hydrogen-bond donors (Lipinski definition) is 0. The fourth-order valence-corrected chi connectivity index (χ4v) is 9.88. The summed E-state index contributed by atoms with van der Waals surface area (Å²) >= 11 is 0. The normalized spacial score (nSPS) is 16.0. The lowest BCUT2D eigenvalue weighted by atomic mass is 9.70. The number of aryl methyl sites for hydroxylation is 1.